The van der Waals surface area contributed by atoms with Gasteiger partial charge in [0, 0.05) is 13.1 Å². The fourth-order valence-corrected chi connectivity index (χ4v) is 0.497. The quantitative estimate of drug-likeness (QED) is 0.440. The summed E-state index contributed by atoms with van der Waals surface area (Å²) in [5, 5.41) is 11.1. The first-order chi connectivity index (χ1) is 4.72. The van der Waals surface area contributed by atoms with Gasteiger partial charge in [0.1, 0.15) is 6.04 Å². The lowest BCUT2D eigenvalue weighted by molar-refractivity contribution is -0.139. The predicted molar refractivity (Wildman–Crippen MR) is 38.7 cm³/mol. The van der Waals surface area contributed by atoms with Gasteiger partial charge in [-0.1, -0.05) is 6.08 Å². The van der Waals surface area contributed by atoms with Gasteiger partial charge in [0.2, 0.25) is 0 Å². The van der Waals surface area contributed by atoms with E-state index in [1.165, 1.54) is 0 Å². The molecule has 0 heterocycles. The fraction of sp³-hybridized carbons (Fsp3) is 0.500. The molecule has 0 fully saturated rings. The Hall–Kier alpha value is -0.870. The van der Waals surface area contributed by atoms with Crippen LogP contribution >= 0.6 is 0 Å². The molecule has 0 bridgehead atoms. The molecule has 0 spiro atoms. The largest absolute Gasteiger partial charge is 0.480 e. The van der Waals surface area contributed by atoms with E-state index in [-0.39, 0.29) is 6.54 Å². The summed E-state index contributed by atoms with van der Waals surface area (Å²) in [4.78, 5) is 10.3. The van der Waals surface area contributed by atoms with E-state index in [1.54, 1.807) is 6.08 Å². The first-order valence-electron chi connectivity index (χ1n) is 2.99. The maximum Gasteiger partial charge on any atom is 0.322 e. The van der Waals surface area contributed by atoms with Crippen LogP contribution in [0.4, 0.5) is 0 Å². The second-order valence-corrected chi connectivity index (χ2v) is 1.82. The van der Waals surface area contributed by atoms with Crippen molar-refractivity contribution in [2.45, 2.75) is 6.04 Å². The first-order valence-corrected chi connectivity index (χ1v) is 2.99. The molecular weight excluding hydrogens is 132 g/mol. The van der Waals surface area contributed by atoms with Gasteiger partial charge in [0.15, 0.2) is 0 Å². The minimum Gasteiger partial charge on any atom is -0.480 e. The van der Waals surface area contributed by atoms with Gasteiger partial charge in [-0.15, -0.1) is 6.58 Å². The van der Waals surface area contributed by atoms with Gasteiger partial charge in [0.25, 0.3) is 0 Å². The Balaban J connectivity index is 3.60. The summed E-state index contributed by atoms with van der Waals surface area (Å²) in [5.74, 6) is -0.927. The number of nitrogens with one attached hydrogen (secondary N) is 1. The van der Waals surface area contributed by atoms with Gasteiger partial charge < -0.3 is 10.8 Å². The van der Waals surface area contributed by atoms with Gasteiger partial charge in [-0.25, -0.2) is 0 Å². The van der Waals surface area contributed by atoms with Crippen LogP contribution < -0.4 is 11.1 Å². The maximum absolute atomic E-state index is 10.3. The highest BCUT2D eigenvalue weighted by atomic mass is 16.4. The Morgan fingerprint density at radius 2 is 2.50 bits per heavy atom. The van der Waals surface area contributed by atoms with E-state index in [4.69, 9.17) is 10.8 Å². The molecule has 4 heteroatoms. The highest BCUT2D eigenvalue weighted by Crippen LogP contribution is 1.78. The van der Waals surface area contributed by atoms with E-state index in [0.717, 1.165) is 0 Å². The number of carboxylic acids is 1. The molecule has 4 N–H and O–H groups in total. The van der Waals surface area contributed by atoms with E-state index in [9.17, 15) is 4.79 Å². The van der Waals surface area contributed by atoms with Crippen molar-refractivity contribution >= 4 is 5.97 Å². The topological polar surface area (TPSA) is 75.3 Å². The molecule has 1 atom stereocenters. The summed E-state index contributed by atoms with van der Waals surface area (Å²) in [6.07, 6.45) is 1.59. The molecule has 0 aliphatic rings. The van der Waals surface area contributed by atoms with Crippen molar-refractivity contribution < 1.29 is 9.90 Å². The van der Waals surface area contributed by atoms with Gasteiger partial charge in [-0.05, 0) is 0 Å². The van der Waals surface area contributed by atoms with Crippen molar-refractivity contribution in [3.8, 4) is 0 Å². The molecule has 0 amide bonds. The summed E-state index contributed by atoms with van der Waals surface area (Å²) in [7, 11) is 0. The molecule has 0 aromatic carbocycles. The average Bonchev–Trinajstić information content (AvgIpc) is 1.89. The van der Waals surface area contributed by atoms with Crippen LogP contribution in [0, 0.1) is 0 Å². The fourth-order valence-electron chi connectivity index (χ4n) is 0.497. The molecule has 4 nitrogen and oxygen atoms in total. The van der Waals surface area contributed by atoms with Crippen LogP contribution in [-0.4, -0.2) is 30.2 Å². The molecule has 0 saturated carbocycles. The lowest BCUT2D eigenvalue weighted by atomic mass is 10.3. The van der Waals surface area contributed by atoms with Crippen molar-refractivity contribution in [2.24, 2.45) is 5.73 Å². The normalized spacial score (nSPS) is 12.5. The Kier molecular flexibility index (Phi) is 4.53. The standard InChI is InChI=1S/C6H12N2O2/c1-2-3-8-5(4-7)6(9)10/h2,5,8H,1,3-4,7H2,(H,9,10). The number of hydrogen-bond acceptors (Lipinski definition) is 3. The smallest absolute Gasteiger partial charge is 0.322 e. The summed E-state index contributed by atoms with van der Waals surface area (Å²) >= 11 is 0. The molecular formula is C6H12N2O2. The lowest BCUT2D eigenvalue weighted by Gasteiger charge is -2.08. The van der Waals surface area contributed by atoms with Crippen LogP contribution in [0.2, 0.25) is 0 Å². The summed E-state index contributed by atoms with van der Waals surface area (Å²) in [6.45, 7) is 4.00. The molecule has 0 radical (unpaired) electrons. The van der Waals surface area contributed by atoms with Crippen molar-refractivity contribution in [3.05, 3.63) is 12.7 Å². The minimum absolute atomic E-state index is 0.100. The molecule has 0 aliphatic carbocycles. The Bertz CT molecular complexity index is 125. The third-order valence-corrected chi connectivity index (χ3v) is 1.04. The summed E-state index contributed by atoms with van der Waals surface area (Å²) in [5.41, 5.74) is 5.14. The highest BCUT2D eigenvalue weighted by Gasteiger charge is 2.12. The van der Waals surface area contributed by atoms with Crippen molar-refractivity contribution in [1.82, 2.24) is 5.32 Å². The SMILES string of the molecule is C=CCNC(CN)C(=O)O. The van der Waals surface area contributed by atoms with Crippen LogP contribution in [0.1, 0.15) is 0 Å². The number of aliphatic carboxylic acids is 1. The van der Waals surface area contributed by atoms with Gasteiger partial charge in [-0.3, -0.25) is 10.1 Å². The minimum atomic E-state index is -0.927. The number of carbonyl (C=O) groups is 1. The third-order valence-electron chi connectivity index (χ3n) is 1.04. The van der Waals surface area contributed by atoms with Crippen LogP contribution in [0.5, 0.6) is 0 Å². The van der Waals surface area contributed by atoms with Crippen LogP contribution in [-0.2, 0) is 4.79 Å². The number of hydrogen-bond donors (Lipinski definition) is 3. The Morgan fingerprint density at radius 1 is 1.90 bits per heavy atom. The molecule has 0 aromatic rings. The monoisotopic (exact) mass is 144 g/mol. The maximum atomic E-state index is 10.3. The second kappa shape index (κ2) is 4.96. The third kappa shape index (κ3) is 3.21. The molecule has 1 unspecified atom stereocenters. The average molecular weight is 144 g/mol. The van der Waals surface area contributed by atoms with Crippen molar-refractivity contribution in [3.63, 3.8) is 0 Å². The van der Waals surface area contributed by atoms with Crippen LogP contribution in [0.3, 0.4) is 0 Å². The van der Waals surface area contributed by atoms with Gasteiger partial charge >= 0.3 is 5.97 Å². The van der Waals surface area contributed by atoms with E-state index < -0.39 is 12.0 Å². The lowest BCUT2D eigenvalue weighted by Crippen LogP contribution is -2.42. The number of rotatable bonds is 5. The van der Waals surface area contributed by atoms with Gasteiger partial charge in [0.05, 0.1) is 0 Å². The Morgan fingerprint density at radius 3 is 2.80 bits per heavy atom. The van der Waals surface area contributed by atoms with E-state index >= 15 is 0 Å². The predicted octanol–water partition coefficient (Wildman–Crippen LogP) is -0.826. The van der Waals surface area contributed by atoms with Gasteiger partial charge in [-0.2, -0.15) is 0 Å². The van der Waals surface area contributed by atoms with E-state index in [1.807, 2.05) is 0 Å². The number of carboxylic acid groups (broad SMARTS) is 1. The highest BCUT2D eigenvalue weighted by molar-refractivity contribution is 5.73. The van der Waals surface area contributed by atoms with Crippen molar-refractivity contribution in [2.75, 3.05) is 13.1 Å². The Labute approximate surface area is 59.7 Å². The molecule has 0 rings (SSSR count). The van der Waals surface area contributed by atoms with Crippen LogP contribution in [0.25, 0.3) is 0 Å². The first kappa shape index (κ1) is 9.13. The second-order valence-electron chi connectivity index (χ2n) is 1.82. The molecule has 58 valence electrons. The van der Waals surface area contributed by atoms with E-state index in [2.05, 4.69) is 11.9 Å². The molecule has 0 aliphatic heterocycles. The summed E-state index contributed by atoms with van der Waals surface area (Å²) in [6, 6.07) is -0.655. The molecule has 0 aromatic heterocycles. The zero-order chi connectivity index (χ0) is 7.98. The van der Waals surface area contributed by atoms with Crippen LogP contribution in [0.15, 0.2) is 12.7 Å². The summed E-state index contributed by atoms with van der Waals surface area (Å²) < 4.78 is 0. The molecule has 10 heavy (non-hydrogen) atoms. The molecule has 0 saturated heterocycles. The zero-order valence-corrected chi connectivity index (χ0v) is 5.71. The zero-order valence-electron chi connectivity index (χ0n) is 5.71. The van der Waals surface area contributed by atoms with Crippen molar-refractivity contribution in [1.29, 1.82) is 0 Å². The number of nitrogens with two attached hydrogens (primary N) is 1. The van der Waals surface area contributed by atoms with E-state index in [0.29, 0.717) is 6.54 Å².